The lowest BCUT2D eigenvalue weighted by Crippen LogP contribution is -2.03. The smallest absolute Gasteiger partial charge is 0.244 e. The Morgan fingerprint density at radius 1 is 0.880 bits per heavy atom. The second kappa shape index (κ2) is 5.20. The molecule has 4 aromatic rings. The van der Waals surface area contributed by atoms with Gasteiger partial charge >= 0.3 is 0 Å². The summed E-state index contributed by atoms with van der Waals surface area (Å²) in [6, 6.07) is 15.2. The Kier molecular flexibility index (Phi) is 2.87. The molecule has 120 valence electrons. The summed E-state index contributed by atoms with van der Waals surface area (Å²) < 4.78 is 10.5. The van der Waals surface area contributed by atoms with Gasteiger partial charge in [0.25, 0.3) is 0 Å². The van der Waals surface area contributed by atoms with Crippen molar-refractivity contribution in [2.24, 2.45) is 0 Å². The highest BCUT2D eigenvalue weighted by Gasteiger charge is 2.34. The number of rotatable bonds is 3. The molecule has 0 fully saturated rings. The van der Waals surface area contributed by atoms with Crippen molar-refractivity contribution in [3.8, 4) is 17.0 Å². The molecule has 7 heteroatoms. The minimum Gasteiger partial charge on any atom is -0.488 e. The van der Waals surface area contributed by atoms with Crippen molar-refractivity contribution in [2.75, 3.05) is 0 Å². The summed E-state index contributed by atoms with van der Waals surface area (Å²) in [5.41, 5.74) is 3.39. The molecule has 25 heavy (non-hydrogen) atoms. The molecule has 7 nitrogen and oxygen atoms in total. The van der Waals surface area contributed by atoms with Crippen molar-refractivity contribution < 1.29 is 14.2 Å². The number of hydrogen-bond acceptors (Lipinski definition) is 7. The van der Waals surface area contributed by atoms with E-state index < -0.39 is 0 Å². The van der Waals surface area contributed by atoms with E-state index in [1.807, 2.05) is 42.5 Å². The van der Waals surface area contributed by atoms with E-state index in [9.17, 15) is 4.79 Å². The highest BCUT2D eigenvalue weighted by atomic mass is 16.6. The topological polar surface area (TPSA) is 91.0 Å². The standard InChI is InChI=1S/C18H10N4O3/c23-16-13-11(14-15(16)20-18-17(19-14)21-25-22-18)7-4-8-12(13)24-9-10-5-2-1-3-6-10/h1-8H,9H2. The van der Waals surface area contributed by atoms with Gasteiger partial charge in [-0.1, -0.05) is 42.5 Å². The minimum atomic E-state index is -0.230. The van der Waals surface area contributed by atoms with Crippen LogP contribution in [0.2, 0.25) is 0 Å². The summed E-state index contributed by atoms with van der Waals surface area (Å²) in [5.74, 6) is 0.280. The van der Waals surface area contributed by atoms with E-state index >= 15 is 0 Å². The lowest BCUT2D eigenvalue weighted by molar-refractivity contribution is 0.103. The quantitative estimate of drug-likeness (QED) is 0.502. The van der Waals surface area contributed by atoms with Crippen molar-refractivity contribution in [1.29, 1.82) is 0 Å². The number of aromatic nitrogens is 4. The molecule has 2 aromatic carbocycles. The first-order valence-electron chi connectivity index (χ1n) is 7.66. The van der Waals surface area contributed by atoms with Crippen molar-refractivity contribution in [1.82, 2.24) is 20.3 Å². The molecule has 0 N–H and O–H groups in total. The highest BCUT2D eigenvalue weighted by molar-refractivity contribution is 6.21. The summed E-state index contributed by atoms with van der Waals surface area (Å²) in [4.78, 5) is 21.4. The third-order valence-corrected chi connectivity index (χ3v) is 4.07. The maximum atomic E-state index is 12.8. The molecule has 1 aliphatic carbocycles. The molecule has 0 saturated carbocycles. The van der Waals surface area contributed by atoms with E-state index in [0.29, 0.717) is 29.2 Å². The van der Waals surface area contributed by atoms with Crippen molar-refractivity contribution in [2.45, 2.75) is 6.61 Å². The van der Waals surface area contributed by atoms with Crippen LogP contribution in [-0.2, 0) is 6.61 Å². The van der Waals surface area contributed by atoms with Crippen LogP contribution in [-0.4, -0.2) is 26.1 Å². The lowest BCUT2D eigenvalue weighted by Gasteiger charge is -2.09. The molecule has 0 unspecified atom stereocenters. The van der Waals surface area contributed by atoms with Gasteiger partial charge in [0.05, 0.1) is 5.56 Å². The van der Waals surface area contributed by atoms with Crippen LogP contribution in [0, 0.1) is 0 Å². The number of benzene rings is 2. The molecule has 2 aromatic heterocycles. The van der Waals surface area contributed by atoms with Gasteiger partial charge < -0.3 is 4.74 Å². The summed E-state index contributed by atoms with van der Waals surface area (Å²) in [6.07, 6.45) is 0. The molecule has 2 heterocycles. The van der Waals surface area contributed by atoms with E-state index in [-0.39, 0.29) is 22.8 Å². The highest BCUT2D eigenvalue weighted by Crippen LogP contribution is 2.39. The second-order valence-corrected chi connectivity index (χ2v) is 5.61. The van der Waals surface area contributed by atoms with Gasteiger partial charge in [-0.15, -0.1) is 0 Å². The van der Waals surface area contributed by atoms with E-state index in [1.165, 1.54) is 0 Å². The van der Waals surface area contributed by atoms with Gasteiger partial charge in [0, 0.05) is 5.56 Å². The maximum Gasteiger partial charge on any atom is 0.244 e. The predicted octanol–water partition coefficient (Wildman–Crippen LogP) is 2.80. The summed E-state index contributed by atoms with van der Waals surface area (Å²) in [7, 11) is 0. The predicted molar refractivity (Wildman–Crippen MR) is 87.0 cm³/mol. The van der Waals surface area contributed by atoms with Crippen LogP contribution in [0.4, 0.5) is 0 Å². The van der Waals surface area contributed by atoms with Crippen LogP contribution in [0.15, 0.2) is 53.2 Å². The van der Waals surface area contributed by atoms with E-state index in [2.05, 4.69) is 24.9 Å². The van der Waals surface area contributed by atoms with E-state index in [0.717, 1.165) is 5.56 Å². The number of nitrogens with zero attached hydrogens (tertiary/aromatic N) is 4. The first-order chi connectivity index (χ1) is 12.3. The lowest BCUT2D eigenvalue weighted by atomic mass is 10.1. The van der Waals surface area contributed by atoms with Gasteiger partial charge in [-0.05, 0) is 21.9 Å². The third kappa shape index (κ3) is 2.09. The van der Waals surface area contributed by atoms with Gasteiger partial charge in [-0.2, -0.15) is 0 Å². The second-order valence-electron chi connectivity index (χ2n) is 5.61. The van der Waals surface area contributed by atoms with Gasteiger partial charge in [0.1, 0.15) is 23.7 Å². The van der Waals surface area contributed by atoms with Gasteiger partial charge in [-0.3, -0.25) is 4.79 Å². The number of carbonyl (C=O) groups is 1. The van der Waals surface area contributed by atoms with Gasteiger partial charge in [-0.25, -0.2) is 14.6 Å². The molecule has 0 saturated heterocycles. The van der Waals surface area contributed by atoms with Gasteiger partial charge in [0.2, 0.25) is 17.1 Å². The monoisotopic (exact) mass is 330 g/mol. The molecule has 0 spiro atoms. The van der Waals surface area contributed by atoms with Crippen LogP contribution in [0.25, 0.3) is 22.6 Å². The van der Waals surface area contributed by atoms with E-state index in [4.69, 9.17) is 4.74 Å². The number of carbonyl (C=O) groups excluding carboxylic acids is 1. The molecule has 5 rings (SSSR count). The summed E-state index contributed by atoms with van der Waals surface area (Å²) >= 11 is 0. The summed E-state index contributed by atoms with van der Waals surface area (Å²) in [5, 5.41) is 7.34. The van der Waals surface area contributed by atoms with Crippen molar-refractivity contribution >= 4 is 17.1 Å². The fourth-order valence-corrected chi connectivity index (χ4v) is 2.92. The maximum absolute atomic E-state index is 12.8. The molecule has 1 aliphatic rings. The van der Waals surface area contributed by atoms with Crippen molar-refractivity contribution in [3.63, 3.8) is 0 Å². The fourth-order valence-electron chi connectivity index (χ4n) is 2.92. The number of hydrogen-bond donors (Lipinski definition) is 0. The molecular formula is C18H10N4O3. The molecule has 0 radical (unpaired) electrons. The fraction of sp³-hybridized carbons (Fsp3) is 0.0556. The minimum absolute atomic E-state index is 0.215. The van der Waals surface area contributed by atoms with Crippen LogP contribution in [0.5, 0.6) is 5.75 Å². The largest absolute Gasteiger partial charge is 0.488 e. The van der Waals surface area contributed by atoms with Crippen LogP contribution in [0.1, 0.15) is 21.6 Å². The molecule has 0 amide bonds. The van der Waals surface area contributed by atoms with Crippen molar-refractivity contribution in [3.05, 3.63) is 65.4 Å². The first kappa shape index (κ1) is 13.8. The average molecular weight is 330 g/mol. The first-order valence-corrected chi connectivity index (χ1v) is 7.66. The molecule has 0 aliphatic heterocycles. The Bertz CT molecular complexity index is 1120. The Morgan fingerprint density at radius 2 is 1.64 bits per heavy atom. The summed E-state index contributed by atoms with van der Waals surface area (Å²) in [6.45, 7) is 0.372. The number of ether oxygens (including phenoxy) is 1. The number of ketones is 1. The molecule has 0 atom stereocenters. The van der Waals surface area contributed by atoms with Gasteiger partial charge in [0.15, 0.2) is 0 Å². The Labute approximate surface area is 141 Å². The Balaban J connectivity index is 1.58. The molecular weight excluding hydrogens is 320 g/mol. The SMILES string of the molecule is O=C1c2nc3nonc3nc2-c2cccc(OCc3ccccc3)c21. The zero-order valence-corrected chi connectivity index (χ0v) is 12.8. The number of fused-ring (bicyclic) bond motifs is 4. The van der Waals surface area contributed by atoms with Crippen LogP contribution < -0.4 is 4.74 Å². The molecule has 0 bridgehead atoms. The zero-order chi connectivity index (χ0) is 16.8. The Morgan fingerprint density at radius 3 is 2.44 bits per heavy atom. The van der Waals surface area contributed by atoms with Crippen LogP contribution in [0.3, 0.4) is 0 Å². The normalized spacial score (nSPS) is 12.2. The average Bonchev–Trinajstić information content (AvgIpc) is 3.22. The van der Waals surface area contributed by atoms with Crippen LogP contribution >= 0.6 is 0 Å². The zero-order valence-electron chi connectivity index (χ0n) is 12.8. The third-order valence-electron chi connectivity index (χ3n) is 4.07. The van der Waals surface area contributed by atoms with E-state index in [1.54, 1.807) is 6.07 Å². The Hall–Kier alpha value is -3.61.